The molecule has 1 saturated carbocycles. The van der Waals surface area contributed by atoms with Gasteiger partial charge in [0.2, 0.25) is 17.7 Å². The van der Waals surface area contributed by atoms with Crippen LogP contribution in [0, 0.1) is 11.3 Å². The van der Waals surface area contributed by atoms with Crippen molar-refractivity contribution in [1.82, 2.24) is 10.2 Å². The van der Waals surface area contributed by atoms with Gasteiger partial charge in [-0.2, -0.15) is 5.26 Å². The topological polar surface area (TPSA) is 148 Å². The molecule has 2 aliphatic heterocycles. The van der Waals surface area contributed by atoms with Crippen molar-refractivity contribution in [3.8, 4) is 6.07 Å². The van der Waals surface area contributed by atoms with Crippen LogP contribution in [0.15, 0.2) is 60.3 Å². The Morgan fingerprint density at radius 2 is 1.82 bits per heavy atom. The standard InChI is InChI=1S/C30H29N5O5/c1-29(2,16-25(37)33-21-8-4-6-19(14-21)30(17-31)11-12-30)18-5-3-7-20(13-18)32-22-15-26(38)35(28(22)40)23-9-10-24(36)34-27(23)39/h3-8,13-15,23,32H,9-12,16H2,1-2H3,(H,33,37)(H,34,36,39). The summed E-state index contributed by atoms with van der Waals surface area (Å²) in [5.74, 6) is -2.55. The lowest BCUT2D eigenvalue weighted by atomic mass is 9.81. The van der Waals surface area contributed by atoms with E-state index >= 15 is 0 Å². The average Bonchev–Trinajstić information content (AvgIpc) is 3.66. The van der Waals surface area contributed by atoms with E-state index in [2.05, 4.69) is 22.0 Å². The van der Waals surface area contributed by atoms with E-state index < -0.39 is 40.5 Å². The van der Waals surface area contributed by atoms with E-state index in [1.54, 1.807) is 18.2 Å². The summed E-state index contributed by atoms with van der Waals surface area (Å²) in [6, 6.07) is 16.0. The number of rotatable bonds is 8. The maximum Gasteiger partial charge on any atom is 0.278 e. The molecule has 10 nitrogen and oxygen atoms in total. The highest BCUT2D eigenvalue weighted by Gasteiger charge is 2.45. The number of nitrogens with zero attached hydrogens (tertiary/aromatic N) is 2. The summed E-state index contributed by atoms with van der Waals surface area (Å²) in [7, 11) is 0. The van der Waals surface area contributed by atoms with E-state index in [0.29, 0.717) is 11.4 Å². The van der Waals surface area contributed by atoms with Gasteiger partial charge in [-0.25, -0.2) is 0 Å². The number of carbonyl (C=O) groups is 5. The Balaban J connectivity index is 1.24. The fourth-order valence-electron chi connectivity index (χ4n) is 5.16. The van der Waals surface area contributed by atoms with Gasteiger partial charge in [-0.15, -0.1) is 0 Å². The van der Waals surface area contributed by atoms with Crippen LogP contribution in [0.5, 0.6) is 0 Å². The molecule has 2 heterocycles. The van der Waals surface area contributed by atoms with Crippen LogP contribution in [0.4, 0.5) is 11.4 Å². The van der Waals surface area contributed by atoms with E-state index in [1.165, 1.54) is 0 Å². The van der Waals surface area contributed by atoms with Crippen LogP contribution in [0.3, 0.4) is 0 Å². The largest absolute Gasteiger partial charge is 0.351 e. The molecule has 5 rings (SSSR count). The minimum atomic E-state index is -1.03. The summed E-state index contributed by atoms with van der Waals surface area (Å²) in [6.45, 7) is 3.87. The van der Waals surface area contributed by atoms with Gasteiger partial charge in [0.05, 0.1) is 11.5 Å². The first-order chi connectivity index (χ1) is 19.0. The molecule has 0 spiro atoms. The summed E-state index contributed by atoms with van der Waals surface area (Å²) >= 11 is 0. The second kappa shape index (κ2) is 10.1. The van der Waals surface area contributed by atoms with Gasteiger partial charge in [0.25, 0.3) is 11.8 Å². The summed E-state index contributed by atoms with van der Waals surface area (Å²) in [4.78, 5) is 63.1. The highest BCUT2D eigenvalue weighted by molar-refractivity contribution is 6.20. The molecule has 2 fully saturated rings. The smallest absolute Gasteiger partial charge is 0.278 e. The molecule has 0 aromatic heterocycles. The van der Waals surface area contributed by atoms with Crippen molar-refractivity contribution in [3.63, 3.8) is 0 Å². The summed E-state index contributed by atoms with van der Waals surface area (Å²) in [6.07, 6.45) is 3.09. The Hall–Kier alpha value is -4.78. The van der Waals surface area contributed by atoms with Gasteiger partial charge in [-0.3, -0.25) is 34.2 Å². The first-order valence-corrected chi connectivity index (χ1v) is 13.1. The van der Waals surface area contributed by atoms with Crippen molar-refractivity contribution in [3.05, 3.63) is 71.4 Å². The molecule has 2 aromatic carbocycles. The number of piperidine rings is 1. The molecule has 3 N–H and O–H groups in total. The molecule has 204 valence electrons. The van der Waals surface area contributed by atoms with Crippen LogP contribution in [-0.4, -0.2) is 40.5 Å². The summed E-state index contributed by atoms with van der Waals surface area (Å²) < 4.78 is 0. The number of nitrogens with one attached hydrogen (secondary N) is 3. The van der Waals surface area contributed by atoms with Crippen LogP contribution in [0.25, 0.3) is 0 Å². The fourth-order valence-corrected chi connectivity index (χ4v) is 5.16. The minimum absolute atomic E-state index is 0.0214. The molecule has 40 heavy (non-hydrogen) atoms. The van der Waals surface area contributed by atoms with E-state index in [0.717, 1.165) is 34.9 Å². The second-order valence-corrected chi connectivity index (χ2v) is 11.1. The van der Waals surface area contributed by atoms with Crippen LogP contribution in [0.1, 0.15) is 57.1 Å². The first-order valence-electron chi connectivity index (χ1n) is 13.1. The normalized spacial score (nSPS) is 20.0. The molecule has 0 bridgehead atoms. The predicted molar refractivity (Wildman–Crippen MR) is 145 cm³/mol. The van der Waals surface area contributed by atoms with Gasteiger partial charge in [0.1, 0.15) is 11.7 Å². The third-order valence-corrected chi connectivity index (χ3v) is 7.66. The van der Waals surface area contributed by atoms with Crippen LogP contribution in [0.2, 0.25) is 0 Å². The van der Waals surface area contributed by atoms with Gasteiger partial charge >= 0.3 is 0 Å². The number of nitriles is 1. The summed E-state index contributed by atoms with van der Waals surface area (Å²) in [5, 5.41) is 17.6. The number of imide groups is 2. The lowest BCUT2D eigenvalue weighted by Crippen LogP contribution is -2.54. The van der Waals surface area contributed by atoms with E-state index in [1.807, 2.05) is 44.2 Å². The molecular weight excluding hydrogens is 510 g/mol. The molecule has 3 aliphatic rings. The first kappa shape index (κ1) is 26.8. The Labute approximate surface area is 231 Å². The van der Waals surface area contributed by atoms with Crippen LogP contribution in [-0.2, 0) is 34.8 Å². The molecule has 2 aromatic rings. The molecule has 5 amide bonds. The van der Waals surface area contributed by atoms with E-state index in [9.17, 15) is 29.2 Å². The van der Waals surface area contributed by atoms with E-state index in [-0.39, 0.29) is 30.9 Å². The Bertz CT molecular complexity index is 1510. The Morgan fingerprint density at radius 3 is 2.52 bits per heavy atom. The number of anilines is 2. The average molecular weight is 540 g/mol. The van der Waals surface area contributed by atoms with Gasteiger partial charge < -0.3 is 10.6 Å². The molecule has 10 heteroatoms. The maximum atomic E-state index is 13.0. The molecule has 0 radical (unpaired) electrons. The highest BCUT2D eigenvalue weighted by Crippen LogP contribution is 2.48. The number of amides is 5. The van der Waals surface area contributed by atoms with Crippen molar-refractivity contribution < 1.29 is 24.0 Å². The fraction of sp³-hybridized carbons (Fsp3) is 0.333. The number of carbonyl (C=O) groups excluding carboxylic acids is 5. The van der Waals surface area contributed by atoms with E-state index in [4.69, 9.17) is 0 Å². The third-order valence-electron chi connectivity index (χ3n) is 7.66. The Morgan fingerprint density at radius 1 is 1.10 bits per heavy atom. The number of hydrogen-bond donors (Lipinski definition) is 3. The van der Waals surface area contributed by atoms with Crippen molar-refractivity contribution >= 4 is 40.9 Å². The lowest BCUT2D eigenvalue weighted by molar-refractivity contribution is -0.149. The SMILES string of the molecule is CC(C)(CC(=O)Nc1cccc(C2(C#N)CC2)c1)c1cccc(NC2=CC(=O)N(C3CCC(=O)NC3=O)C2=O)c1. The molecule has 1 atom stereocenters. The van der Waals surface area contributed by atoms with Gasteiger partial charge in [0.15, 0.2) is 0 Å². The monoisotopic (exact) mass is 539 g/mol. The van der Waals surface area contributed by atoms with Gasteiger partial charge in [-0.1, -0.05) is 38.1 Å². The number of hydrogen-bond acceptors (Lipinski definition) is 7. The minimum Gasteiger partial charge on any atom is -0.351 e. The van der Waals surface area contributed by atoms with Crippen molar-refractivity contribution in [1.29, 1.82) is 5.26 Å². The Kier molecular flexibility index (Phi) is 6.75. The molecule has 1 aliphatic carbocycles. The molecule has 1 saturated heterocycles. The van der Waals surface area contributed by atoms with Crippen molar-refractivity contribution in [2.24, 2.45) is 0 Å². The van der Waals surface area contributed by atoms with Gasteiger partial charge in [-0.05, 0) is 60.1 Å². The third kappa shape index (κ3) is 5.23. The van der Waals surface area contributed by atoms with Crippen LogP contribution >= 0.6 is 0 Å². The van der Waals surface area contributed by atoms with Crippen molar-refractivity contribution in [2.75, 3.05) is 10.6 Å². The maximum absolute atomic E-state index is 13.0. The zero-order valence-corrected chi connectivity index (χ0v) is 22.2. The summed E-state index contributed by atoms with van der Waals surface area (Å²) in [5.41, 5.74) is 1.95. The second-order valence-electron chi connectivity index (χ2n) is 11.1. The van der Waals surface area contributed by atoms with Crippen molar-refractivity contribution in [2.45, 2.75) is 62.8 Å². The molecule has 1 unspecified atom stereocenters. The quantitative estimate of drug-likeness (QED) is 0.437. The zero-order valence-electron chi connectivity index (χ0n) is 22.2. The zero-order chi connectivity index (χ0) is 28.7. The van der Waals surface area contributed by atoms with Crippen LogP contribution < -0.4 is 16.0 Å². The van der Waals surface area contributed by atoms with Gasteiger partial charge in [0, 0.05) is 30.3 Å². The predicted octanol–water partition coefficient (Wildman–Crippen LogP) is 3.02. The molecular formula is C30H29N5O5. The number of benzene rings is 2. The highest BCUT2D eigenvalue weighted by atomic mass is 16.2. The lowest BCUT2D eigenvalue weighted by Gasteiger charge is -2.28.